The lowest BCUT2D eigenvalue weighted by Gasteiger charge is -2.50. The number of aromatic nitrogens is 1. The molecule has 0 radical (unpaired) electrons. The van der Waals surface area contributed by atoms with E-state index in [1.54, 1.807) is 25.7 Å². The summed E-state index contributed by atoms with van der Waals surface area (Å²) in [7, 11) is 0. The second-order valence-electron chi connectivity index (χ2n) is 13.7. The van der Waals surface area contributed by atoms with Crippen molar-refractivity contribution in [3.05, 3.63) is 108 Å². The number of rotatable bonds is 9. The number of alkyl carbamates (subject to hydrolysis) is 1. The number of carbonyl (C=O) groups is 4. The molecule has 0 bridgehead atoms. The summed E-state index contributed by atoms with van der Waals surface area (Å²) in [5, 5.41) is 6.94. The van der Waals surface area contributed by atoms with Crippen LogP contribution in [0.4, 0.5) is 9.59 Å². The molecule has 1 aromatic heterocycles. The van der Waals surface area contributed by atoms with E-state index in [4.69, 9.17) is 4.74 Å². The van der Waals surface area contributed by atoms with Crippen molar-refractivity contribution < 1.29 is 23.9 Å². The second kappa shape index (κ2) is 13.9. The van der Waals surface area contributed by atoms with E-state index in [-0.39, 0.29) is 24.9 Å². The molecule has 4 aromatic rings. The number of urea groups is 1. The lowest BCUT2D eigenvalue weighted by atomic mass is 9.80. The van der Waals surface area contributed by atoms with Crippen molar-refractivity contribution in [1.29, 1.82) is 0 Å². The molecular weight excluding hydrogens is 606 g/mol. The van der Waals surface area contributed by atoms with Crippen molar-refractivity contribution in [2.45, 2.75) is 76.7 Å². The van der Waals surface area contributed by atoms with Gasteiger partial charge in [0.15, 0.2) is 0 Å². The lowest BCUT2D eigenvalue weighted by molar-refractivity contribution is -0.142. The van der Waals surface area contributed by atoms with E-state index >= 15 is 0 Å². The third-order valence-corrected chi connectivity index (χ3v) is 9.07. The number of benzene rings is 3. The van der Waals surface area contributed by atoms with Gasteiger partial charge in [-0.2, -0.15) is 0 Å². The number of nitrogens with one attached hydrogen (secondary N) is 3. The summed E-state index contributed by atoms with van der Waals surface area (Å²) in [5.41, 5.74) is 2.88. The summed E-state index contributed by atoms with van der Waals surface area (Å²) in [6.07, 6.45) is 3.02. The maximum absolute atomic E-state index is 14.3. The number of hydrogen-bond acceptors (Lipinski definition) is 5. The molecule has 2 saturated heterocycles. The highest BCUT2D eigenvalue weighted by atomic mass is 16.6. The summed E-state index contributed by atoms with van der Waals surface area (Å²) in [6, 6.07) is 24.7. The molecule has 0 spiro atoms. The van der Waals surface area contributed by atoms with Gasteiger partial charge < -0.3 is 25.3 Å². The summed E-state index contributed by atoms with van der Waals surface area (Å²) in [6.45, 7) is 5.96. The highest BCUT2D eigenvalue weighted by molar-refractivity contribution is 5.99. The van der Waals surface area contributed by atoms with Gasteiger partial charge >= 0.3 is 12.1 Å². The van der Waals surface area contributed by atoms with Gasteiger partial charge in [-0.1, -0.05) is 78.9 Å². The zero-order valence-corrected chi connectivity index (χ0v) is 27.6. The highest BCUT2D eigenvalue weighted by Gasteiger charge is 2.51. The van der Waals surface area contributed by atoms with Gasteiger partial charge in [-0.05, 0) is 62.8 Å². The number of H-pyrrole nitrogens is 1. The van der Waals surface area contributed by atoms with Crippen molar-refractivity contribution in [1.82, 2.24) is 25.4 Å². The molecule has 2 aliphatic heterocycles. The number of ether oxygens (including phenoxy) is 1. The van der Waals surface area contributed by atoms with Gasteiger partial charge in [0, 0.05) is 30.1 Å². The monoisotopic (exact) mass is 649 g/mol. The number of nitrogens with zero attached hydrogens (tertiary/aromatic N) is 2. The van der Waals surface area contributed by atoms with Gasteiger partial charge in [-0.15, -0.1) is 0 Å². The van der Waals surface area contributed by atoms with Gasteiger partial charge in [-0.3, -0.25) is 14.5 Å². The molecule has 48 heavy (non-hydrogen) atoms. The quantitative estimate of drug-likeness (QED) is 0.219. The third-order valence-electron chi connectivity index (χ3n) is 9.07. The fourth-order valence-corrected chi connectivity index (χ4v) is 6.94. The number of hydrogen-bond donors (Lipinski definition) is 3. The first kappa shape index (κ1) is 32.8. The van der Waals surface area contributed by atoms with E-state index in [2.05, 4.69) is 15.6 Å². The van der Waals surface area contributed by atoms with Crippen molar-refractivity contribution >= 4 is 34.8 Å². The molecule has 0 saturated carbocycles. The van der Waals surface area contributed by atoms with Crippen LogP contribution in [0.1, 0.15) is 50.3 Å². The van der Waals surface area contributed by atoms with Crippen LogP contribution in [-0.2, 0) is 33.7 Å². The minimum atomic E-state index is -0.966. The Kier molecular flexibility index (Phi) is 9.52. The number of fused-ring (bicyclic) bond motifs is 2. The Morgan fingerprint density at radius 2 is 1.60 bits per heavy atom. The van der Waals surface area contributed by atoms with Crippen molar-refractivity contribution in [2.24, 2.45) is 5.92 Å². The van der Waals surface area contributed by atoms with Crippen LogP contribution in [0.3, 0.4) is 0 Å². The minimum absolute atomic E-state index is 0.177. The first-order valence-corrected chi connectivity index (χ1v) is 16.6. The smallest absolute Gasteiger partial charge is 0.408 e. The molecule has 3 heterocycles. The Hall–Kier alpha value is -5.12. The van der Waals surface area contributed by atoms with Crippen LogP contribution in [0.15, 0.2) is 91.1 Å². The summed E-state index contributed by atoms with van der Waals surface area (Å²) in [5.74, 6) is -1.23. The predicted molar refractivity (Wildman–Crippen MR) is 183 cm³/mol. The molecule has 6 rings (SSSR count). The summed E-state index contributed by atoms with van der Waals surface area (Å²) >= 11 is 0. The van der Waals surface area contributed by atoms with E-state index in [1.165, 1.54) is 4.90 Å². The average molecular weight is 650 g/mol. The zero-order valence-electron chi connectivity index (χ0n) is 27.6. The molecule has 2 aliphatic rings. The van der Waals surface area contributed by atoms with Crippen molar-refractivity contribution in [3.63, 3.8) is 0 Å². The van der Waals surface area contributed by atoms with Crippen LogP contribution in [0.2, 0.25) is 0 Å². The molecule has 2 fully saturated rings. The average Bonchev–Trinajstić information content (AvgIpc) is 3.47. The number of imide groups is 1. The number of aromatic amines is 1. The normalized spacial score (nSPS) is 20.3. The standard InChI is InChI=1S/C38H43N5O5/c1-38(2,3)48-36(46)41-32(22-27-23-39-30-18-11-10-17-28(27)30)34(44)40-31-19-12-20-42-33(31)29(21-25-13-6-4-7-14-25)35(45)43(37(42)47)24-26-15-8-5-9-16-26/h4-11,13-18,23,29,31-33,39H,12,19-22,24H2,1-3H3,(H,40,44)(H,41,46)/t29-,31-,32-,33+/m0/s1. The zero-order chi connectivity index (χ0) is 33.8. The maximum atomic E-state index is 14.3. The Labute approximate surface area is 280 Å². The van der Waals surface area contributed by atoms with Gasteiger partial charge in [0.05, 0.1) is 24.5 Å². The number of para-hydroxylation sites is 1. The Balaban J connectivity index is 1.29. The van der Waals surface area contributed by atoms with Crippen molar-refractivity contribution in [3.8, 4) is 0 Å². The first-order chi connectivity index (χ1) is 23.1. The van der Waals surface area contributed by atoms with E-state index in [0.29, 0.717) is 25.8 Å². The molecular formula is C38H43N5O5. The fourth-order valence-electron chi connectivity index (χ4n) is 6.94. The second-order valence-corrected chi connectivity index (χ2v) is 13.7. The molecule has 3 aromatic carbocycles. The van der Waals surface area contributed by atoms with Crippen LogP contribution in [0.5, 0.6) is 0 Å². The third kappa shape index (κ3) is 7.38. The topological polar surface area (TPSA) is 124 Å². The largest absolute Gasteiger partial charge is 0.444 e. The Bertz CT molecular complexity index is 1770. The molecule has 3 N–H and O–H groups in total. The summed E-state index contributed by atoms with van der Waals surface area (Å²) < 4.78 is 5.53. The van der Waals surface area contributed by atoms with Crippen LogP contribution in [0, 0.1) is 5.92 Å². The van der Waals surface area contributed by atoms with Gasteiger partial charge in [0.25, 0.3) is 0 Å². The van der Waals surface area contributed by atoms with Crippen LogP contribution < -0.4 is 10.6 Å². The van der Waals surface area contributed by atoms with E-state index < -0.39 is 41.6 Å². The van der Waals surface area contributed by atoms with E-state index in [9.17, 15) is 19.2 Å². The molecule has 4 atom stereocenters. The predicted octanol–water partition coefficient (Wildman–Crippen LogP) is 5.57. The van der Waals surface area contributed by atoms with Crippen LogP contribution >= 0.6 is 0 Å². The van der Waals surface area contributed by atoms with Gasteiger partial charge in [0.1, 0.15) is 11.6 Å². The number of piperidine rings is 1. The van der Waals surface area contributed by atoms with Crippen molar-refractivity contribution in [2.75, 3.05) is 6.54 Å². The molecule has 5 amide bonds. The first-order valence-electron chi connectivity index (χ1n) is 16.6. The maximum Gasteiger partial charge on any atom is 0.408 e. The molecule has 10 heteroatoms. The van der Waals surface area contributed by atoms with Gasteiger partial charge in [-0.25, -0.2) is 9.59 Å². The molecule has 10 nitrogen and oxygen atoms in total. The summed E-state index contributed by atoms with van der Waals surface area (Å²) in [4.78, 5) is 61.8. The number of amides is 5. The van der Waals surface area contributed by atoms with E-state index in [1.807, 2.05) is 91.1 Å². The Morgan fingerprint density at radius 1 is 0.938 bits per heavy atom. The minimum Gasteiger partial charge on any atom is -0.444 e. The van der Waals surface area contributed by atoms with E-state index in [0.717, 1.165) is 27.6 Å². The van der Waals surface area contributed by atoms with Crippen LogP contribution in [-0.4, -0.2) is 69.0 Å². The van der Waals surface area contributed by atoms with Gasteiger partial charge in [0.2, 0.25) is 11.8 Å². The molecule has 0 aliphatic carbocycles. The Morgan fingerprint density at radius 3 is 2.31 bits per heavy atom. The van der Waals surface area contributed by atoms with Crippen LogP contribution in [0.25, 0.3) is 10.9 Å². The SMILES string of the molecule is CC(C)(C)OC(=O)N[C@@H](Cc1c[nH]c2ccccc12)C(=O)N[C@H]1CCCN2C(=O)N(Cc3ccccc3)C(=O)[C@@H](Cc3ccccc3)[C@H]12. The fraction of sp³-hybridized carbons (Fsp3) is 0.368. The molecule has 0 unspecified atom stereocenters. The number of carbonyl (C=O) groups excluding carboxylic acids is 4. The lowest BCUT2D eigenvalue weighted by Crippen LogP contribution is -2.70. The molecule has 250 valence electrons. The highest BCUT2D eigenvalue weighted by Crippen LogP contribution is 2.34.